The second-order valence-electron chi connectivity index (χ2n) is 4.73. The Labute approximate surface area is 150 Å². The van der Waals surface area contributed by atoms with Crippen LogP contribution in [0.2, 0.25) is 5.02 Å². The first-order valence-corrected chi connectivity index (χ1v) is 8.82. The predicted molar refractivity (Wildman–Crippen MR) is 98.7 cm³/mol. The van der Waals surface area contributed by atoms with Crippen LogP contribution in [0.15, 0.2) is 39.7 Å². The first kappa shape index (κ1) is 15.8. The van der Waals surface area contributed by atoms with Crippen LogP contribution >= 0.6 is 46.0 Å². The lowest BCUT2D eigenvalue weighted by molar-refractivity contribution is -0.116. The summed E-state index contributed by atoms with van der Waals surface area (Å²) in [6.45, 7) is 1.99. The molecule has 7 heteroatoms. The van der Waals surface area contributed by atoms with Crippen LogP contribution < -0.4 is 10.6 Å². The van der Waals surface area contributed by atoms with E-state index in [-0.39, 0.29) is 11.4 Å². The molecule has 1 aliphatic heterocycles. The summed E-state index contributed by atoms with van der Waals surface area (Å²) in [5, 5.41) is 6.82. The molecule has 1 fully saturated rings. The van der Waals surface area contributed by atoms with Gasteiger partial charge < -0.3 is 15.1 Å². The van der Waals surface area contributed by atoms with E-state index in [9.17, 15) is 4.79 Å². The standard InChI is InChI=1S/C15H12ClIN2O2S/c1-8-2-3-9(16)6-11(8)18-15-19-14(20)12(22-15)7-10-4-5-13(17)21-10/h2-7,15,18H,1H3,(H,19,20)/b12-7-. The van der Waals surface area contributed by atoms with Gasteiger partial charge in [-0.25, -0.2) is 0 Å². The van der Waals surface area contributed by atoms with Gasteiger partial charge in [-0.1, -0.05) is 29.4 Å². The molecule has 1 atom stereocenters. The van der Waals surface area contributed by atoms with E-state index in [1.165, 1.54) is 11.8 Å². The Kier molecular flexibility index (Phi) is 4.70. The molecule has 0 aliphatic carbocycles. The summed E-state index contributed by atoms with van der Waals surface area (Å²) in [6, 6.07) is 9.32. The Hall–Kier alpha value is -1.12. The molecule has 1 aromatic carbocycles. The number of halogens is 2. The largest absolute Gasteiger partial charge is 0.451 e. The molecule has 1 aromatic heterocycles. The molecule has 1 saturated heterocycles. The quantitative estimate of drug-likeness (QED) is 0.540. The molecule has 22 heavy (non-hydrogen) atoms. The SMILES string of the molecule is Cc1ccc(Cl)cc1NC1NC(=O)/C(=C/c2ccc(I)o2)S1. The summed E-state index contributed by atoms with van der Waals surface area (Å²) in [5.74, 6) is 0.551. The van der Waals surface area contributed by atoms with Gasteiger partial charge in [0.05, 0.1) is 4.91 Å². The topological polar surface area (TPSA) is 54.3 Å². The maximum Gasteiger partial charge on any atom is 0.260 e. The fraction of sp³-hybridized carbons (Fsp3) is 0.133. The van der Waals surface area contributed by atoms with Gasteiger partial charge in [0.25, 0.3) is 5.91 Å². The van der Waals surface area contributed by atoms with Crippen molar-refractivity contribution in [1.82, 2.24) is 5.32 Å². The smallest absolute Gasteiger partial charge is 0.260 e. The highest BCUT2D eigenvalue weighted by atomic mass is 127. The zero-order chi connectivity index (χ0) is 15.7. The van der Waals surface area contributed by atoms with Crippen LogP contribution in [0.1, 0.15) is 11.3 Å². The Morgan fingerprint density at radius 3 is 2.95 bits per heavy atom. The van der Waals surface area contributed by atoms with Crippen molar-refractivity contribution < 1.29 is 9.21 Å². The number of aryl methyl sites for hydroxylation is 1. The van der Waals surface area contributed by atoms with Crippen LogP contribution in [-0.2, 0) is 4.79 Å². The molecule has 0 spiro atoms. The van der Waals surface area contributed by atoms with E-state index in [0.717, 1.165) is 15.0 Å². The minimum absolute atomic E-state index is 0.117. The van der Waals surface area contributed by atoms with Gasteiger partial charge in [0.1, 0.15) is 5.76 Å². The molecule has 4 nitrogen and oxygen atoms in total. The van der Waals surface area contributed by atoms with Gasteiger partial charge >= 0.3 is 0 Å². The van der Waals surface area contributed by atoms with E-state index < -0.39 is 0 Å². The number of hydrogen-bond acceptors (Lipinski definition) is 4. The minimum Gasteiger partial charge on any atom is -0.451 e. The molecule has 3 rings (SSSR count). The van der Waals surface area contributed by atoms with Crippen LogP contribution in [0, 0.1) is 10.7 Å². The lowest BCUT2D eigenvalue weighted by atomic mass is 10.2. The lowest BCUT2D eigenvalue weighted by Crippen LogP contribution is -2.31. The molecule has 2 heterocycles. The van der Waals surface area contributed by atoms with Gasteiger partial charge in [-0.05, 0) is 59.3 Å². The number of carbonyl (C=O) groups is 1. The van der Waals surface area contributed by atoms with Crippen molar-refractivity contribution in [3.8, 4) is 0 Å². The van der Waals surface area contributed by atoms with Crippen LogP contribution in [0.4, 0.5) is 5.69 Å². The minimum atomic E-state index is -0.232. The van der Waals surface area contributed by atoms with Gasteiger partial charge in [0, 0.05) is 16.8 Å². The van der Waals surface area contributed by atoms with E-state index in [0.29, 0.717) is 15.7 Å². The molecular weight excluding hydrogens is 435 g/mol. The maximum absolute atomic E-state index is 12.0. The van der Waals surface area contributed by atoms with Crippen LogP contribution in [0.3, 0.4) is 0 Å². The number of amides is 1. The molecule has 2 aromatic rings. The highest BCUT2D eigenvalue weighted by molar-refractivity contribution is 14.1. The normalized spacial score (nSPS) is 19.5. The number of hydrogen-bond donors (Lipinski definition) is 2. The Bertz CT molecular complexity index is 760. The first-order chi connectivity index (χ1) is 10.5. The van der Waals surface area contributed by atoms with Crippen LogP contribution in [0.5, 0.6) is 0 Å². The summed E-state index contributed by atoms with van der Waals surface area (Å²) in [7, 11) is 0. The molecule has 1 aliphatic rings. The Morgan fingerprint density at radius 2 is 2.23 bits per heavy atom. The number of nitrogens with one attached hydrogen (secondary N) is 2. The third-order valence-electron chi connectivity index (χ3n) is 3.08. The van der Waals surface area contributed by atoms with Crippen molar-refractivity contribution >= 4 is 63.6 Å². The fourth-order valence-electron chi connectivity index (χ4n) is 1.99. The average Bonchev–Trinajstić information content (AvgIpc) is 3.01. The third kappa shape index (κ3) is 3.61. The predicted octanol–water partition coefficient (Wildman–Crippen LogP) is 4.45. The Balaban J connectivity index is 1.74. The van der Waals surface area contributed by atoms with Crippen molar-refractivity contribution in [2.75, 3.05) is 5.32 Å². The van der Waals surface area contributed by atoms with E-state index in [1.807, 2.05) is 37.3 Å². The van der Waals surface area contributed by atoms with Crippen molar-refractivity contribution in [2.24, 2.45) is 0 Å². The summed E-state index contributed by atoms with van der Waals surface area (Å²) in [6.07, 6.45) is 1.74. The van der Waals surface area contributed by atoms with Crippen LogP contribution in [0.25, 0.3) is 6.08 Å². The summed E-state index contributed by atoms with van der Waals surface area (Å²) in [5.41, 5.74) is 1.74. The summed E-state index contributed by atoms with van der Waals surface area (Å²) >= 11 is 9.52. The van der Waals surface area contributed by atoms with Gasteiger partial charge in [0.2, 0.25) is 0 Å². The molecule has 0 bridgehead atoms. The van der Waals surface area contributed by atoms with Crippen molar-refractivity contribution in [3.63, 3.8) is 0 Å². The number of thioether (sulfide) groups is 1. The number of anilines is 1. The van der Waals surface area contributed by atoms with Crippen molar-refractivity contribution in [3.05, 3.63) is 55.4 Å². The monoisotopic (exact) mass is 446 g/mol. The lowest BCUT2D eigenvalue weighted by Gasteiger charge is -2.15. The molecular formula is C15H12ClIN2O2S. The molecule has 2 N–H and O–H groups in total. The zero-order valence-electron chi connectivity index (χ0n) is 11.5. The summed E-state index contributed by atoms with van der Waals surface area (Å²) < 4.78 is 6.25. The zero-order valence-corrected chi connectivity index (χ0v) is 15.3. The van der Waals surface area contributed by atoms with Crippen molar-refractivity contribution in [1.29, 1.82) is 0 Å². The number of carbonyl (C=O) groups excluding carboxylic acids is 1. The summed E-state index contributed by atoms with van der Waals surface area (Å²) in [4.78, 5) is 12.6. The van der Waals surface area contributed by atoms with E-state index in [4.69, 9.17) is 16.0 Å². The number of rotatable bonds is 3. The van der Waals surface area contributed by atoms with Gasteiger partial charge in [-0.3, -0.25) is 4.79 Å². The highest BCUT2D eigenvalue weighted by Gasteiger charge is 2.27. The van der Waals surface area contributed by atoms with Crippen LogP contribution in [-0.4, -0.2) is 11.4 Å². The van der Waals surface area contributed by atoms with E-state index in [1.54, 1.807) is 6.08 Å². The van der Waals surface area contributed by atoms with E-state index >= 15 is 0 Å². The first-order valence-electron chi connectivity index (χ1n) is 6.48. The van der Waals surface area contributed by atoms with Gasteiger partial charge in [-0.2, -0.15) is 0 Å². The average molecular weight is 447 g/mol. The van der Waals surface area contributed by atoms with Gasteiger partial charge in [-0.15, -0.1) is 0 Å². The molecule has 0 saturated carbocycles. The molecule has 1 unspecified atom stereocenters. The number of benzene rings is 1. The second-order valence-corrected chi connectivity index (χ2v) is 7.37. The second kappa shape index (κ2) is 6.55. The molecule has 1 amide bonds. The fourth-order valence-corrected chi connectivity index (χ4v) is 3.55. The maximum atomic E-state index is 12.0. The molecule has 114 valence electrons. The Morgan fingerprint density at radius 1 is 1.41 bits per heavy atom. The van der Waals surface area contributed by atoms with Crippen molar-refractivity contribution in [2.45, 2.75) is 12.4 Å². The van der Waals surface area contributed by atoms with E-state index in [2.05, 4.69) is 33.2 Å². The third-order valence-corrected chi connectivity index (χ3v) is 4.93. The highest BCUT2D eigenvalue weighted by Crippen LogP contribution is 2.32. The van der Waals surface area contributed by atoms with Gasteiger partial charge in [0.15, 0.2) is 9.26 Å². The molecule has 0 radical (unpaired) electrons. The number of furan rings is 1.